The van der Waals surface area contributed by atoms with Crippen molar-refractivity contribution in [2.75, 3.05) is 6.61 Å². The molecule has 106 valence electrons. The van der Waals surface area contributed by atoms with Gasteiger partial charge >= 0.3 is 0 Å². The van der Waals surface area contributed by atoms with E-state index >= 15 is 0 Å². The van der Waals surface area contributed by atoms with E-state index in [4.69, 9.17) is 4.74 Å². The second-order valence-corrected chi connectivity index (χ2v) is 4.38. The van der Waals surface area contributed by atoms with Crippen LogP contribution in [0.15, 0.2) is 36.4 Å². The molecule has 2 aromatic carbocycles. The maximum absolute atomic E-state index is 13.4. The smallest absolute Gasteiger partial charge is 0.164 e. The van der Waals surface area contributed by atoms with Gasteiger partial charge in [-0.1, -0.05) is 18.2 Å². The normalized spacial score (nSPS) is 12.2. The number of rotatable bonds is 4. The molecule has 20 heavy (non-hydrogen) atoms. The standard InChI is InChI=1S/C15H13F3O2/c1-9-5-6-10(7-13(9)17)20-8-14(19)11-3-2-4-12(16)15(11)18/h2-7,14,19H,8H2,1H3. The van der Waals surface area contributed by atoms with Crippen LogP contribution < -0.4 is 4.74 Å². The van der Waals surface area contributed by atoms with E-state index in [1.807, 2.05) is 0 Å². The number of aliphatic hydroxyl groups is 1. The van der Waals surface area contributed by atoms with E-state index in [9.17, 15) is 18.3 Å². The fraction of sp³-hybridized carbons (Fsp3) is 0.200. The molecule has 0 aliphatic rings. The molecular weight excluding hydrogens is 269 g/mol. The average Bonchev–Trinajstić information content (AvgIpc) is 2.43. The minimum atomic E-state index is -1.34. The van der Waals surface area contributed by atoms with Gasteiger partial charge in [0.2, 0.25) is 0 Å². The van der Waals surface area contributed by atoms with E-state index in [2.05, 4.69) is 0 Å². The first kappa shape index (κ1) is 14.4. The molecule has 0 saturated carbocycles. The Morgan fingerprint density at radius 3 is 2.55 bits per heavy atom. The van der Waals surface area contributed by atoms with Crippen LogP contribution in [-0.2, 0) is 0 Å². The first-order chi connectivity index (χ1) is 9.49. The molecule has 0 aliphatic carbocycles. The van der Waals surface area contributed by atoms with Crippen LogP contribution in [0.4, 0.5) is 13.2 Å². The Hall–Kier alpha value is -2.01. The molecule has 0 fully saturated rings. The van der Waals surface area contributed by atoms with Crippen LogP contribution in [0.1, 0.15) is 17.2 Å². The fourth-order valence-corrected chi connectivity index (χ4v) is 1.71. The minimum Gasteiger partial charge on any atom is -0.490 e. The zero-order valence-corrected chi connectivity index (χ0v) is 10.7. The molecule has 0 aromatic heterocycles. The van der Waals surface area contributed by atoms with Gasteiger partial charge in [0, 0.05) is 11.6 Å². The quantitative estimate of drug-likeness (QED) is 0.929. The molecule has 1 atom stereocenters. The lowest BCUT2D eigenvalue weighted by Crippen LogP contribution is -2.12. The first-order valence-electron chi connectivity index (χ1n) is 6.00. The van der Waals surface area contributed by atoms with Crippen LogP contribution >= 0.6 is 0 Å². The lowest BCUT2D eigenvalue weighted by atomic mass is 10.1. The molecule has 2 rings (SSSR count). The Balaban J connectivity index is 2.06. The molecule has 0 spiro atoms. The summed E-state index contributed by atoms with van der Waals surface area (Å²) in [6.07, 6.45) is -1.34. The summed E-state index contributed by atoms with van der Waals surface area (Å²) >= 11 is 0. The summed E-state index contributed by atoms with van der Waals surface area (Å²) in [5, 5.41) is 9.79. The molecule has 0 aliphatic heterocycles. The molecule has 1 unspecified atom stereocenters. The van der Waals surface area contributed by atoms with Crippen molar-refractivity contribution in [1.29, 1.82) is 0 Å². The van der Waals surface area contributed by atoms with E-state index in [-0.39, 0.29) is 17.9 Å². The van der Waals surface area contributed by atoms with Gasteiger partial charge in [-0.05, 0) is 24.6 Å². The number of hydrogen-bond donors (Lipinski definition) is 1. The molecule has 0 radical (unpaired) electrons. The van der Waals surface area contributed by atoms with E-state index < -0.39 is 23.6 Å². The van der Waals surface area contributed by atoms with Crippen molar-refractivity contribution in [3.05, 3.63) is 65.0 Å². The summed E-state index contributed by atoms with van der Waals surface area (Å²) in [5.74, 6) is -2.38. The monoisotopic (exact) mass is 282 g/mol. The summed E-state index contributed by atoms with van der Waals surface area (Å²) in [6.45, 7) is 1.30. The van der Waals surface area contributed by atoms with Gasteiger partial charge in [0.1, 0.15) is 24.3 Å². The predicted molar refractivity (Wildman–Crippen MR) is 67.9 cm³/mol. The third-order valence-electron chi connectivity index (χ3n) is 2.89. The Kier molecular flexibility index (Phi) is 4.29. The summed E-state index contributed by atoms with van der Waals surface area (Å²) in [7, 11) is 0. The Labute approximate surface area is 114 Å². The summed E-state index contributed by atoms with van der Waals surface area (Å²) in [4.78, 5) is 0. The third-order valence-corrected chi connectivity index (χ3v) is 2.89. The van der Waals surface area contributed by atoms with Crippen molar-refractivity contribution in [3.63, 3.8) is 0 Å². The maximum Gasteiger partial charge on any atom is 0.164 e. The lowest BCUT2D eigenvalue weighted by Gasteiger charge is -2.14. The molecule has 0 bridgehead atoms. The highest BCUT2D eigenvalue weighted by Crippen LogP contribution is 2.21. The van der Waals surface area contributed by atoms with Gasteiger partial charge < -0.3 is 9.84 Å². The van der Waals surface area contributed by atoms with Crippen LogP contribution in [0.2, 0.25) is 0 Å². The predicted octanol–water partition coefficient (Wildman–Crippen LogP) is 3.52. The van der Waals surface area contributed by atoms with Crippen molar-refractivity contribution in [2.24, 2.45) is 0 Å². The number of halogens is 3. The molecule has 1 N–H and O–H groups in total. The highest BCUT2D eigenvalue weighted by Gasteiger charge is 2.16. The minimum absolute atomic E-state index is 0.197. The van der Waals surface area contributed by atoms with Gasteiger partial charge in [0.15, 0.2) is 11.6 Å². The third kappa shape index (κ3) is 3.11. The van der Waals surface area contributed by atoms with Crippen molar-refractivity contribution in [2.45, 2.75) is 13.0 Å². The maximum atomic E-state index is 13.4. The highest BCUT2D eigenvalue weighted by molar-refractivity contribution is 5.28. The molecule has 0 heterocycles. The first-order valence-corrected chi connectivity index (χ1v) is 6.00. The van der Waals surface area contributed by atoms with Gasteiger partial charge in [0.05, 0.1) is 0 Å². The summed E-state index contributed by atoms with van der Waals surface area (Å²) < 4.78 is 44.9. The van der Waals surface area contributed by atoms with Crippen LogP contribution in [0.25, 0.3) is 0 Å². The lowest BCUT2D eigenvalue weighted by molar-refractivity contribution is 0.104. The summed E-state index contributed by atoms with van der Waals surface area (Å²) in [5.41, 5.74) is 0.270. The molecule has 2 nitrogen and oxygen atoms in total. The van der Waals surface area contributed by atoms with E-state index in [0.29, 0.717) is 5.56 Å². The second-order valence-electron chi connectivity index (χ2n) is 4.38. The van der Waals surface area contributed by atoms with Gasteiger partial charge in [-0.15, -0.1) is 0 Å². The van der Waals surface area contributed by atoms with Crippen molar-refractivity contribution < 1.29 is 23.0 Å². The average molecular weight is 282 g/mol. The van der Waals surface area contributed by atoms with Crippen LogP contribution in [0, 0.1) is 24.4 Å². The number of ether oxygens (including phenoxy) is 1. The van der Waals surface area contributed by atoms with Crippen LogP contribution in [-0.4, -0.2) is 11.7 Å². The molecule has 0 amide bonds. The highest BCUT2D eigenvalue weighted by atomic mass is 19.2. The molecule has 2 aromatic rings. The molecule has 5 heteroatoms. The fourth-order valence-electron chi connectivity index (χ4n) is 1.71. The van der Waals surface area contributed by atoms with Gasteiger partial charge in [-0.2, -0.15) is 0 Å². The molecule has 0 saturated heterocycles. The Bertz CT molecular complexity index is 614. The summed E-state index contributed by atoms with van der Waals surface area (Å²) in [6, 6.07) is 7.75. The molecular formula is C15H13F3O2. The van der Waals surface area contributed by atoms with Crippen molar-refractivity contribution in [1.82, 2.24) is 0 Å². The van der Waals surface area contributed by atoms with Gasteiger partial charge in [0.25, 0.3) is 0 Å². The number of benzene rings is 2. The zero-order valence-electron chi connectivity index (χ0n) is 10.7. The number of hydrogen-bond acceptors (Lipinski definition) is 2. The van der Waals surface area contributed by atoms with Crippen LogP contribution in [0.5, 0.6) is 5.75 Å². The van der Waals surface area contributed by atoms with Crippen molar-refractivity contribution >= 4 is 0 Å². The number of aryl methyl sites for hydroxylation is 1. The zero-order chi connectivity index (χ0) is 14.7. The van der Waals surface area contributed by atoms with Crippen LogP contribution in [0.3, 0.4) is 0 Å². The second kappa shape index (κ2) is 5.96. The van der Waals surface area contributed by atoms with E-state index in [1.54, 1.807) is 6.92 Å². The number of aliphatic hydroxyl groups excluding tert-OH is 1. The topological polar surface area (TPSA) is 29.5 Å². The van der Waals surface area contributed by atoms with Gasteiger partial charge in [-0.3, -0.25) is 0 Å². The van der Waals surface area contributed by atoms with Crippen molar-refractivity contribution in [3.8, 4) is 5.75 Å². The van der Waals surface area contributed by atoms with Gasteiger partial charge in [-0.25, -0.2) is 13.2 Å². The Morgan fingerprint density at radius 2 is 1.85 bits per heavy atom. The van der Waals surface area contributed by atoms with E-state index in [1.165, 1.54) is 30.3 Å². The largest absolute Gasteiger partial charge is 0.490 e. The van der Waals surface area contributed by atoms with E-state index in [0.717, 1.165) is 6.07 Å². The SMILES string of the molecule is Cc1ccc(OCC(O)c2cccc(F)c2F)cc1F. The Morgan fingerprint density at radius 1 is 1.10 bits per heavy atom.